The van der Waals surface area contributed by atoms with E-state index in [0.717, 1.165) is 0 Å². The van der Waals surface area contributed by atoms with Crippen molar-refractivity contribution < 1.29 is 0 Å². The van der Waals surface area contributed by atoms with Crippen LogP contribution in [0.3, 0.4) is 0 Å². The van der Waals surface area contributed by atoms with Gasteiger partial charge < -0.3 is 5.40 Å². The Labute approximate surface area is 69.9 Å². The van der Waals surface area contributed by atoms with Crippen LogP contribution in [-0.4, -0.2) is 8.96 Å². The van der Waals surface area contributed by atoms with Gasteiger partial charge in [-0.05, 0) is 11.2 Å². The zero-order valence-electron chi connectivity index (χ0n) is 6.88. The lowest BCUT2D eigenvalue weighted by atomic mass is 10.4. The second-order valence-corrected chi connectivity index (χ2v) is 4.77. The Bertz CT molecular complexity index is 198. The fraction of sp³-hybridized carbons (Fsp3) is 0.333. The van der Waals surface area contributed by atoms with E-state index in [0.29, 0.717) is 0 Å². The quantitative estimate of drug-likeness (QED) is 0.669. The third kappa shape index (κ3) is 2.48. The van der Waals surface area contributed by atoms with Crippen LogP contribution in [0.25, 0.3) is 0 Å². The Hall–Kier alpha value is -0.603. The monoisotopic (exact) mass is 164 g/mol. The first-order valence-electron chi connectivity index (χ1n) is 4.01. The van der Waals surface area contributed by atoms with Crippen LogP contribution in [0.1, 0.15) is 13.3 Å². The molecule has 0 fully saturated rings. The molecule has 0 amide bonds. The van der Waals surface area contributed by atoms with E-state index in [-0.39, 0.29) is 0 Å². The van der Waals surface area contributed by atoms with Crippen LogP contribution in [0.2, 0.25) is 6.04 Å². The van der Waals surface area contributed by atoms with Crippen molar-refractivity contribution in [3.05, 3.63) is 30.3 Å². The summed E-state index contributed by atoms with van der Waals surface area (Å²) in [5, 5.41) is 7.35. The molecule has 0 atom stereocenters. The lowest BCUT2D eigenvalue weighted by Gasteiger charge is -2.06. The summed E-state index contributed by atoms with van der Waals surface area (Å²) in [5.74, 6) is 0. The van der Waals surface area contributed by atoms with Crippen molar-refractivity contribution in [3.8, 4) is 0 Å². The standard InChI is InChI=1S/C9H14NSi/c1-2-8-11(10)9-6-4-3-5-7-9/h3-7H,2,8,10H2,1H3. The summed E-state index contributed by atoms with van der Waals surface area (Å²) in [6.07, 6.45) is 1.19. The third-order valence-electron chi connectivity index (χ3n) is 1.66. The van der Waals surface area contributed by atoms with Crippen molar-refractivity contribution in [2.75, 3.05) is 0 Å². The average molecular weight is 164 g/mol. The molecule has 0 unspecified atom stereocenters. The van der Waals surface area contributed by atoms with Crippen LogP contribution in [-0.2, 0) is 0 Å². The van der Waals surface area contributed by atoms with Crippen molar-refractivity contribution in [1.29, 1.82) is 0 Å². The van der Waals surface area contributed by atoms with Gasteiger partial charge in [0.25, 0.3) is 0 Å². The molecule has 0 bridgehead atoms. The van der Waals surface area contributed by atoms with Crippen LogP contribution < -0.4 is 10.6 Å². The SMILES string of the molecule is CCC[Si](N)c1ccccc1. The Balaban J connectivity index is 2.61. The van der Waals surface area contributed by atoms with Crippen molar-refractivity contribution in [1.82, 2.24) is 0 Å². The van der Waals surface area contributed by atoms with E-state index >= 15 is 0 Å². The van der Waals surface area contributed by atoms with Gasteiger partial charge in [0.2, 0.25) is 0 Å². The van der Waals surface area contributed by atoms with E-state index in [9.17, 15) is 0 Å². The molecule has 0 spiro atoms. The van der Waals surface area contributed by atoms with E-state index in [1.54, 1.807) is 0 Å². The first-order valence-corrected chi connectivity index (χ1v) is 5.79. The molecule has 0 aliphatic heterocycles. The Kier molecular flexibility index (Phi) is 3.33. The molecule has 0 heterocycles. The van der Waals surface area contributed by atoms with E-state index in [2.05, 4.69) is 31.2 Å². The van der Waals surface area contributed by atoms with Gasteiger partial charge in [-0.15, -0.1) is 0 Å². The third-order valence-corrected chi connectivity index (χ3v) is 3.78. The van der Waals surface area contributed by atoms with E-state index < -0.39 is 8.96 Å². The number of hydrogen-bond acceptors (Lipinski definition) is 1. The number of rotatable bonds is 3. The van der Waals surface area contributed by atoms with Gasteiger partial charge in [-0.3, -0.25) is 0 Å². The van der Waals surface area contributed by atoms with Crippen LogP contribution >= 0.6 is 0 Å². The summed E-state index contributed by atoms with van der Waals surface area (Å²) < 4.78 is 0. The first-order chi connectivity index (χ1) is 5.34. The fourth-order valence-electron chi connectivity index (χ4n) is 1.07. The number of hydrogen-bond donors (Lipinski definition) is 1. The minimum absolute atomic E-state index is 0.718. The van der Waals surface area contributed by atoms with E-state index in [4.69, 9.17) is 5.40 Å². The van der Waals surface area contributed by atoms with Crippen LogP contribution in [0.4, 0.5) is 0 Å². The Morgan fingerprint density at radius 2 is 1.91 bits per heavy atom. The van der Waals surface area contributed by atoms with Gasteiger partial charge in [-0.25, -0.2) is 0 Å². The minimum Gasteiger partial charge on any atom is -0.348 e. The second-order valence-electron chi connectivity index (χ2n) is 2.64. The topological polar surface area (TPSA) is 26.0 Å². The van der Waals surface area contributed by atoms with Crippen molar-refractivity contribution in [2.45, 2.75) is 19.4 Å². The van der Waals surface area contributed by atoms with Gasteiger partial charge in [0.1, 0.15) is 0 Å². The summed E-state index contributed by atoms with van der Waals surface area (Å²) in [5.41, 5.74) is 0. The molecule has 1 aromatic carbocycles. The molecule has 11 heavy (non-hydrogen) atoms. The predicted molar refractivity (Wildman–Crippen MR) is 51.1 cm³/mol. The molecule has 0 aliphatic rings. The normalized spacial score (nSPS) is 10.5. The molecule has 1 rings (SSSR count). The highest BCUT2D eigenvalue weighted by Gasteiger charge is 2.05. The fourth-order valence-corrected chi connectivity index (χ4v) is 2.51. The van der Waals surface area contributed by atoms with E-state index in [1.807, 2.05) is 6.07 Å². The molecule has 0 aliphatic carbocycles. The second kappa shape index (κ2) is 4.31. The van der Waals surface area contributed by atoms with Crippen LogP contribution in [0.15, 0.2) is 30.3 Å². The van der Waals surface area contributed by atoms with Crippen molar-refractivity contribution in [3.63, 3.8) is 0 Å². The zero-order valence-corrected chi connectivity index (χ0v) is 7.88. The van der Waals surface area contributed by atoms with Gasteiger partial charge in [0.05, 0.1) is 0 Å². The first kappa shape index (κ1) is 8.49. The van der Waals surface area contributed by atoms with Gasteiger partial charge >= 0.3 is 0 Å². The highest BCUT2D eigenvalue weighted by Crippen LogP contribution is 1.92. The molecule has 0 saturated heterocycles. The molecule has 59 valence electrons. The summed E-state index contributed by atoms with van der Waals surface area (Å²) in [4.78, 5) is 0. The lowest BCUT2D eigenvalue weighted by molar-refractivity contribution is 1.06. The molecular formula is C9H14NSi. The molecule has 0 aromatic heterocycles. The minimum atomic E-state index is -0.718. The Morgan fingerprint density at radius 3 is 2.45 bits per heavy atom. The lowest BCUT2D eigenvalue weighted by Crippen LogP contribution is -2.39. The summed E-state index contributed by atoms with van der Waals surface area (Å²) >= 11 is 0. The van der Waals surface area contributed by atoms with E-state index in [1.165, 1.54) is 17.7 Å². The summed E-state index contributed by atoms with van der Waals surface area (Å²) in [6.45, 7) is 2.18. The molecule has 1 radical (unpaired) electrons. The van der Waals surface area contributed by atoms with Crippen LogP contribution in [0, 0.1) is 0 Å². The van der Waals surface area contributed by atoms with Crippen molar-refractivity contribution >= 4 is 14.1 Å². The maximum absolute atomic E-state index is 6.01. The molecule has 0 saturated carbocycles. The van der Waals surface area contributed by atoms with Gasteiger partial charge in [-0.1, -0.05) is 43.7 Å². The molecule has 1 nitrogen and oxygen atoms in total. The smallest absolute Gasteiger partial charge is 0.166 e. The predicted octanol–water partition coefficient (Wildman–Crippen LogP) is 1.25. The molecule has 2 N–H and O–H groups in total. The van der Waals surface area contributed by atoms with Crippen molar-refractivity contribution in [2.24, 2.45) is 5.40 Å². The van der Waals surface area contributed by atoms with Gasteiger partial charge in [0.15, 0.2) is 8.96 Å². The molecule has 1 aromatic rings. The number of nitrogens with two attached hydrogens (primary N) is 1. The maximum Gasteiger partial charge on any atom is 0.166 e. The zero-order chi connectivity index (χ0) is 8.10. The van der Waals surface area contributed by atoms with Gasteiger partial charge in [-0.2, -0.15) is 0 Å². The summed E-state index contributed by atoms with van der Waals surface area (Å²) in [7, 11) is -0.718. The highest BCUT2D eigenvalue weighted by atomic mass is 28.3. The molecule has 2 heteroatoms. The highest BCUT2D eigenvalue weighted by molar-refractivity contribution is 6.70. The largest absolute Gasteiger partial charge is 0.348 e. The maximum atomic E-state index is 6.01. The summed E-state index contributed by atoms with van der Waals surface area (Å²) in [6, 6.07) is 11.6. The average Bonchev–Trinajstić information content (AvgIpc) is 2.07. The van der Waals surface area contributed by atoms with Crippen LogP contribution in [0.5, 0.6) is 0 Å². The Morgan fingerprint density at radius 1 is 1.27 bits per heavy atom. The van der Waals surface area contributed by atoms with Gasteiger partial charge in [0, 0.05) is 0 Å². The molecular weight excluding hydrogens is 150 g/mol. The number of benzene rings is 1.